The fraction of sp³-hybridized carbons (Fsp3) is 0.376. The summed E-state index contributed by atoms with van der Waals surface area (Å²) in [5.74, 6) is 0. The highest BCUT2D eigenvalue weighted by molar-refractivity contribution is 5.90. The first-order chi connectivity index (χ1) is 63.0. The summed E-state index contributed by atoms with van der Waals surface area (Å²) >= 11 is 0. The minimum atomic E-state index is -0.512. The first kappa shape index (κ1) is 93.4. The van der Waals surface area contributed by atoms with E-state index in [9.17, 15) is 0 Å². The van der Waals surface area contributed by atoms with E-state index in [1.165, 1.54) is 332 Å². The Balaban J connectivity index is 0.780. The van der Waals surface area contributed by atoms with Crippen LogP contribution >= 0.6 is 0 Å². The van der Waals surface area contributed by atoms with Crippen molar-refractivity contribution in [3.05, 3.63) is 364 Å². The van der Waals surface area contributed by atoms with Gasteiger partial charge in [-0.2, -0.15) is 0 Å². The molecular weight excluding hydrogens is 1540 g/mol. The average Bonchev–Trinajstić information content (AvgIpc) is 1.50. The van der Waals surface area contributed by atoms with Crippen LogP contribution in [0.2, 0.25) is 0 Å². The lowest BCUT2D eigenvalue weighted by Crippen LogP contribution is -2.28. The van der Waals surface area contributed by atoms with Gasteiger partial charge in [-0.05, 0) is 325 Å². The number of rotatable bonds is 51. The van der Waals surface area contributed by atoms with Crippen LogP contribution in [0.15, 0.2) is 291 Å². The van der Waals surface area contributed by atoms with Crippen LogP contribution in [0.4, 0.5) is 51.2 Å². The van der Waals surface area contributed by atoms with Crippen LogP contribution < -0.4 is 14.7 Å². The Hall–Kier alpha value is -10.7. The van der Waals surface area contributed by atoms with Gasteiger partial charge in [0.2, 0.25) is 0 Å². The molecule has 0 heterocycles. The van der Waals surface area contributed by atoms with Crippen LogP contribution in [0.5, 0.6) is 0 Å². The van der Waals surface area contributed by atoms with Gasteiger partial charge in [-0.25, -0.2) is 0 Å². The van der Waals surface area contributed by atoms with Crippen molar-refractivity contribution < 1.29 is 0 Å². The molecule has 0 saturated carbocycles. The van der Waals surface area contributed by atoms with Crippen LogP contribution in [0.3, 0.4) is 0 Å². The maximum atomic E-state index is 2.57. The van der Waals surface area contributed by atoms with E-state index in [1.54, 1.807) is 0 Å². The van der Waals surface area contributed by atoms with E-state index in [1.807, 2.05) is 0 Å². The molecule has 0 unspecified atom stereocenters. The van der Waals surface area contributed by atoms with Crippen molar-refractivity contribution in [1.82, 2.24) is 0 Å². The molecule has 0 aromatic heterocycles. The van der Waals surface area contributed by atoms with Gasteiger partial charge in [-0.1, -0.05) is 383 Å². The summed E-state index contributed by atoms with van der Waals surface area (Å²) < 4.78 is 0. The van der Waals surface area contributed by atoms with E-state index < -0.39 is 5.41 Å². The van der Waals surface area contributed by atoms with Gasteiger partial charge in [0.15, 0.2) is 0 Å². The molecule has 0 saturated heterocycles. The van der Waals surface area contributed by atoms with Crippen LogP contribution in [-0.4, -0.2) is 0 Å². The van der Waals surface area contributed by atoms with Crippen LogP contribution in [0.25, 0.3) is 44.5 Å². The van der Waals surface area contributed by atoms with Gasteiger partial charge in [-0.15, -0.1) is 0 Å². The van der Waals surface area contributed by atoms with Gasteiger partial charge >= 0.3 is 0 Å². The van der Waals surface area contributed by atoms with E-state index >= 15 is 0 Å². The standard InChI is InChI=1S/C125H149N3/c1-10-17-24-30-32-38-41-98-50-67-110(68-51-98)125(111-69-52-99(53-70-111)42-39-33-31-25-18-11-2)123-87-96(9)49-85-121(123)122-86-66-109(94-124(122)125)108-64-83-118(84-65-108)128(120-92-102(45-36-28-21-14-5)89-103(93-120)46-37-29-22-15-6)117-81-62-107(63-82-117)105-58-77-115(78-59-105)126(113-73-54-97(55-74-113)40-23-16-7)114-75-56-104(57-76-114)106-60-79-116(80-61-106)127(112-71-47-95(8)48-72-112)119-90-100(43-34-26-19-12-3)88-101(91-119)44-35-27-20-13-4/h47-94H,10-46H2,1-9H3. The van der Waals surface area contributed by atoms with E-state index in [0.717, 1.165) is 73.4 Å². The molecule has 1 aliphatic carbocycles. The molecule has 0 N–H and O–H groups in total. The number of nitrogens with zero attached hydrogens (tertiary/aromatic N) is 3. The Kier molecular flexibility index (Phi) is 35.1. The van der Waals surface area contributed by atoms with Crippen molar-refractivity contribution in [1.29, 1.82) is 0 Å². The number of fused-ring (bicyclic) bond motifs is 3. The molecule has 0 fully saturated rings. The van der Waals surface area contributed by atoms with E-state index in [0.29, 0.717) is 0 Å². The van der Waals surface area contributed by atoms with Gasteiger partial charge in [0.1, 0.15) is 0 Å². The Morgan fingerprint density at radius 2 is 0.398 bits per heavy atom. The highest BCUT2D eigenvalue weighted by atomic mass is 15.2. The second-order valence-corrected chi connectivity index (χ2v) is 37.6. The summed E-state index contributed by atoms with van der Waals surface area (Å²) in [6.45, 7) is 20.7. The summed E-state index contributed by atoms with van der Waals surface area (Å²) in [4.78, 5) is 7.47. The van der Waals surface area contributed by atoms with Crippen LogP contribution in [0.1, 0.15) is 313 Å². The van der Waals surface area contributed by atoms with E-state index in [4.69, 9.17) is 0 Å². The zero-order valence-corrected chi connectivity index (χ0v) is 79.7. The highest BCUT2D eigenvalue weighted by Gasteiger charge is 2.46. The highest BCUT2D eigenvalue weighted by Crippen LogP contribution is 2.58. The molecule has 0 radical (unpaired) electrons. The normalized spacial score (nSPS) is 12.1. The molecule has 3 nitrogen and oxygen atoms in total. The molecule has 13 aromatic carbocycles. The third-order valence-electron chi connectivity index (χ3n) is 27.5. The van der Waals surface area contributed by atoms with Crippen molar-refractivity contribution in [3.63, 3.8) is 0 Å². The Morgan fingerprint density at radius 3 is 0.727 bits per heavy atom. The summed E-state index contributed by atoms with van der Waals surface area (Å²) in [5.41, 5.74) is 38.0. The van der Waals surface area contributed by atoms with Gasteiger partial charge in [-0.3, -0.25) is 0 Å². The molecular formula is C125H149N3. The summed E-state index contributed by atoms with van der Waals surface area (Å²) in [6.07, 6.45) is 45.8. The number of aryl methyl sites for hydroxylation is 9. The van der Waals surface area contributed by atoms with E-state index in [2.05, 4.69) is 368 Å². The predicted molar refractivity (Wildman–Crippen MR) is 558 cm³/mol. The molecule has 14 rings (SSSR count). The number of hydrogen-bond acceptors (Lipinski definition) is 3. The molecule has 0 bridgehead atoms. The molecule has 13 aromatic rings. The smallest absolute Gasteiger partial charge is 0.0713 e. The predicted octanol–water partition coefficient (Wildman–Crippen LogP) is 37.7. The van der Waals surface area contributed by atoms with Crippen molar-refractivity contribution in [2.75, 3.05) is 14.7 Å². The maximum Gasteiger partial charge on any atom is 0.0713 e. The largest absolute Gasteiger partial charge is 0.311 e. The Bertz CT molecular complexity index is 5380. The molecule has 0 aliphatic heterocycles. The number of hydrogen-bond donors (Lipinski definition) is 0. The fourth-order valence-corrected chi connectivity index (χ4v) is 20.1. The lowest BCUT2D eigenvalue weighted by atomic mass is 9.67. The first-order valence-electron chi connectivity index (χ1n) is 50.8. The number of unbranched alkanes of at least 4 members (excludes halogenated alkanes) is 23. The van der Waals surface area contributed by atoms with Crippen molar-refractivity contribution in [2.24, 2.45) is 0 Å². The molecule has 0 amide bonds. The lowest BCUT2D eigenvalue weighted by molar-refractivity contribution is 0.607. The Morgan fingerprint density at radius 1 is 0.172 bits per heavy atom. The zero-order valence-electron chi connectivity index (χ0n) is 79.7. The minimum Gasteiger partial charge on any atom is -0.311 e. The average molecular weight is 1690 g/mol. The van der Waals surface area contributed by atoms with Crippen LogP contribution in [-0.2, 0) is 50.4 Å². The molecule has 3 heteroatoms. The summed E-state index contributed by atoms with van der Waals surface area (Å²) in [7, 11) is 0. The lowest BCUT2D eigenvalue weighted by Gasteiger charge is -2.34. The van der Waals surface area contributed by atoms with Gasteiger partial charge < -0.3 is 14.7 Å². The molecule has 0 spiro atoms. The second-order valence-electron chi connectivity index (χ2n) is 37.6. The summed E-state index contributed by atoms with van der Waals surface area (Å²) in [6, 6.07) is 115. The van der Waals surface area contributed by atoms with Crippen LogP contribution in [0, 0.1) is 13.8 Å². The number of anilines is 9. The molecule has 128 heavy (non-hydrogen) atoms. The zero-order chi connectivity index (χ0) is 88.7. The van der Waals surface area contributed by atoms with Gasteiger partial charge in [0, 0.05) is 51.2 Å². The summed E-state index contributed by atoms with van der Waals surface area (Å²) in [5, 5.41) is 0. The SMILES string of the molecule is CCCCCCCCc1ccc(C2(c3ccc(CCCCCCCC)cc3)c3cc(C)ccc3-c3ccc(-c4ccc(N(c5ccc(-c6ccc(N(c7ccc(CCCC)cc7)c7ccc(-c8ccc(N(c9ccc(C)cc9)c9cc(CCCCCC)cc(CCCCCC)c9)cc8)cc7)cc6)cc5)c5cc(CCCCCC)cc(CCCCCC)c5)cc4)cc32)cc1. The van der Waals surface area contributed by atoms with Gasteiger partial charge in [0.05, 0.1) is 5.41 Å². The monoisotopic (exact) mass is 1690 g/mol. The minimum absolute atomic E-state index is 0.512. The van der Waals surface area contributed by atoms with E-state index in [-0.39, 0.29) is 0 Å². The first-order valence-corrected chi connectivity index (χ1v) is 50.8. The third kappa shape index (κ3) is 24.2. The quantitative estimate of drug-likeness (QED) is 0.0352. The fourth-order valence-electron chi connectivity index (χ4n) is 20.1. The second kappa shape index (κ2) is 48.1. The topological polar surface area (TPSA) is 9.72 Å². The molecule has 1 aliphatic rings. The maximum absolute atomic E-state index is 2.57. The molecule has 0 atom stereocenters. The third-order valence-corrected chi connectivity index (χ3v) is 27.5. The van der Waals surface area contributed by atoms with Crippen molar-refractivity contribution >= 4 is 51.2 Å². The number of benzene rings is 13. The van der Waals surface area contributed by atoms with Crippen molar-refractivity contribution in [3.8, 4) is 44.5 Å². The van der Waals surface area contributed by atoms with Crippen molar-refractivity contribution in [2.45, 2.75) is 305 Å². The molecule has 664 valence electrons. The van der Waals surface area contributed by atoms with Gasteiger partial charge in [0.25, 0.3) is 0 Å². The Labute approximate surface area is 774 Å².